The number of nitrogens with one attached hydrogen (secondary N) is 2. The van der Waals surface area contributed by atoms with Crippen LogP contribution in [-0.2, 0) is 9.53 Å². The van der Waals surface area contributed by atoms with E-state index in [-0.39, 0.29) is 18.5 Å². The Kier molecular flexibility index (Phi) is 4.63. The Morgan fingerprint density at radius 3 is 2.65 bits per heavy atom. The predicted molar refractivity (Wildman–Crippen MR) is 75.2 cm³/mol. The minimum Gasteiger partial charge on any atom is -0.463 e. The third-order valence-corrected chi connectivity index (χ3v) is 3.18. The van der Waals surface area contributed by atoms with Crippen molar-refractivity contribution >= 4 is 23.6 Å². The second-order valence-electron chi connectivity index (χ2n) is 4.19. The van der Waals surface area contributed by atoms with Crippen LogP contribution in [0.1, 0.15) is 18.5 Å². The summed E-state index contributed by atoms with van der Waals surface area (Å²) < 4.78 is 5.05. The van der Waals surface area contributed by atoms with Crippen molar-refractivity contribution in [3.8, 4) is 0 Å². The first-order chi connectivity index (χ1) is 9.67. The lowest BCUT2D eigenvalue weighted by Crippen LogP contribution is -2.46. The van der Waals surface area contributed by atoms with Gasteiger partial charge in [-0.2, -0.15) is 0 Å². The van der Waals surface area contributed by atoms with E-state index >= 15 is 0 Å². The first-order valence-corrected chi connectivity index (χ1v) is 6.79. The summed E-state index contributed by atoms with van der Waals surface area (Å²) in [6.07, 6.45) is 0. The molecule has 1 aliphatic rings. The van der Waals surface area contributed by atoms with Crippen LogP contribution in [0.15, 0.2) is 41.6 Å². The average molecular weight is 295 g/mol. The van der Waals surface area contributed by atoms with E-state index in [1.54, 1.807) is 6.92 Å². The Hall–Kier alpha value is -2.01. The number of allylic oxidation sites excluding steroid dienone is 1. The Bertz CT molecular complexity index is 543. The molecule has 5 nitrogen and oxygen atoms in total. The number of halogens is 1. The number of amides is 2. The lowest BCUT2D eigenvalue weighted by molar-refractivity contribution is -0.139. The molecule has 0 aliphatic carbocycles. The fourth-order valence-electron chi connectivity index (χ4n) is 2.07. The van der Waals surface area contributed by atoms with E-state index in [1.165, 1.54) is 0 Å². The fraction of sp³-hybridized carbons (Fsp3) is 0.286. The number of carbonyl (C=O) groups excluding carboxylic acids is 2. The van der Waals surface area contributed by atoms with E-state index in [2.05, 4.69) is 10.6 Å². The predicted octanol–water partition coefficient (Wildman–Crippen LogP) is 2.10. The molecule has 1 aromatic rings. The molecule has 1 aromatic carbocycles. The molecule has 1 heterocycles. The first kappa shape index (κ1) is 14.4. The van der Waals surface area contributed by atoms with Gasteiger partial charge >= 0.3 is 12.0 Å². The number of hydrogen-bond acceptors (Lipinski definition) is 3. The number of alkyl halides is 1. The van der Waals surface area contributed by atoms with Gasteiger partial charge in [0, 0.05) is 5.70 Å². The monoisotopic (exact) mass is 294 g/mol. The molecule has 2 rings (SSSR count). The Morgan fingerprint density at radius 2 is 2.05 bits per heavy atom. The summed E-state index contributed by atoms with van der Waals surface area (Å²) >= 11 is 5.83. The SMILES string of the molecule is CCOC(=O)C1=C(CCl)NC(=O)N[C@H]1c1ccccc1. The molecule has 6 heteroatoms. The lowest BCUT2D eigenvalue weighted by atomic mass is 9.95. The second kappa shape index (κ2) is 6.43. The molecular formula is C14H15ClN2O3. The van der Waals surface area contributed by atoms with Crippen LogP contribution in [0.5, 0.6) is 0 Å². The van der Waals surface area contributed by atoms with E-state index in [0.29, 0.717) is 11.3 Å². The van der Waals surface area contributed by atoms with Crippen LogP contribution in [0.3, 0.4) is 0 Å². The molecule has 0 spiro atoms. The minimum atomic E-state index is -0.558. The zero-order chi connectivity index (χ0) is 14.5. The Labute approximate surface area is 121 Å². The molecule has 0 bridgehead atoms. The van der Waals surface area contributed by atoms with Crippen LogP contribution in [0.2, 0.25) is 0 Å². The van der Waals surface area contributed by atoms with Crippen molar-refractivity contribution in [1.82, 2.24) is 10.6 Å². The van der Waals surface area contributed by atoms with Crippen molar-refractivity contribution in [1.29, 1.82) is 0 Å². The Morgan fingerprint density at radius 1 is 1.35 bits per heavy atom. The largest absolute Gasteiger partial charge is 0.463 e. The number of hydrogen-bond donors (Lipinski definition) is 2. The highest BCUT2D eigenvalue weighted by Crippen LogP contribution is 2.27. The summed E-state index contributed by atoms with van der Waals surface area (Å²) in [5.74, 6) is -0.449. The molecule has 106 valence electrons. The first-order valence-electron chi connectivity index (χ1n) is 6.26. The van der Waals surface area contributed by atoms with E-state index in [0.717, 1.165) is 5.56 Å². The van der Waals surface area contributed by atoms with Gasteiger partial charge in [-0.3, -0.25) is 0 Å². The average Bonchev–Trinajstić information content (AvgIpc) is 2.47. The van der Waals surface area contributed by atoms with E-state index in [4.69, 9.17) is 16.3 Å². The van der Waals surface area contributed by atoms with Gasteiger partial charge in [-0.25, -0.2) is 9.59 Å². The van der Waals surface area contributed by atoms with Gasteiger partial charge in [-0.1, -0.05) is 30.3 Å². The van der Waals surface area contributed by atoms with Gasteiger partial charge in [0.1, 0.15) is 0 Å². The molecule has 0 saturated carbocycles. The van der Waals surface area contributed by atoms with Crippen molar-refractivity contribution in [3.05, 3.63) is 47.2 Å². The van der Waals surface area contributed by atoms with E-state index in [1.807, 2.05) is 30.3 Å². The van der Waals surface area contributed by atoms with Gasteiger partial charge < -0.3 is 15.4 Å². The van der Waals surface area contributed by atoms with Crippen molar-refractivity contribution < 1.29 is 14.3 Å². The van der Waals surface area contributed by atoms with Crippen LogP contribution >= 0.6 is 11.6 Å². The molecule has 0 unspecified atom stereocenters. The second-order valence-corrected chi connectivity index (χ2v) is 4.46. The van der Waals surface area contributed by atoms with Crippen LogP contribution in [0.4, 0.5) is 4.79 Å². The number of esters is 1. The van der Waals surface area contributed by atoms with E-state index < -0.39 is 12.0 Å². The molecule has 2 N–H and O–H groups in total. The molecular weight excluding hydrogens is 280 g/mol. The molecule has 20 heavy (non-hydrogen) atoms. The van der Waals surface area contributed by atoms with Crippen LogP contribution < -0.4 is 10.6 Å². The van der Waals surface area contributed by atoms with Gasteiger partial charge in [0.2, 0.25) is 0 Å². The maximum Gasteiger partial charge on any atom is 0.338 e. The number of benzene rings is 1. The van der Waals surface area contributed by atoms with Crippen molar-refractivity contribution in [3.63, 3.8) is 0 Å². The van der Waals surface area contributed by atoms with Gasteiger partial charge in [0.05, 0.1) is 24.1 Å². The minimum absolute atomic E-state index is 0.0326. The number of ether oxygens (including phenoxy) is 1. The molecule has 0 radical (unpaired) electrons. The summed E-state index contributed by atoms with van der Waals surface area (Å²) in [6, 6.07) is 8.27. The molecule has 0 saturated heterocycles. The van der Waals surface area contributed by atoms with Gasteiger partial charge in [-0.05, 0) is 12.5 Å². The normalized spacial score (nSPS) is 18.3. The zero-order valence-corrected chi connectivity index (χ0v) is 11.7. The highest BCUT2D eigenvalue weighted by Gasteiger charge is 2.33. The number of urea groups is 1. The molecule has 1 atom stereocenters. The topological polar surface area (TPSA) is 67.4 Å². The van der Waals surface area contributed by atoms with Gasteiger partial charge in [0.25, 0.3) is 0 Å². The van der Waals surface area contributed by atoms with Crippen LogP contribution in [-0.4, -0.2) is 24.5 Å². The molecule has 0 aromatic heterocycles. The van der Waals surface area contributed by atoms with Crippen molar-refractivity contribution in [2.24, 2.45) is 0 Å². The van der Waals surface area contributed by atoms with E-state index in [9.17, 15) is 9.59 Å². The number of rotatable bonds is 4. The standard InChI is InChI=1S/C14H15ClN2O3/c1-2-20-13(18)11-10(8-15)16-14(19)17-12(11)9-6-4-3-5-7-9/h3-7,12H,2,8H2,1H3,(H2,16,17,19)/t12-/m0/s1. The quantitative estimate of drug-likeness (QED) is 0.660. The third-order valence-electron chi connectivity index (χ3n) is 2.92. The lowest BCUT2D eigenvalue weighted by Gasteiger charge is -2.28. The van der Waals surface area contributed by atoms with Crippen LogP contribution in [0, 0.1) is 0 Å². The maximum absolute atomic E-state index is 12.1. The summed E-state index contributed by atoms with van der Waals surface area (Å²) in [5, 5.41) is 5.27. The molecule has 0 fully saturated rings. The van der Waals surface area contributed by atoms with Crippen molar-refractivity contribution in [2.75, 3.05) is 12.5 Å². The van der Waals surface area contributed by atoms with Gasteiger partial charge in [-0.15, -0.1) is 11.6 Å². The smallest absolute Gasteiger partial charge is 0.338 e. The summed E-state index contributed by atoms with van der Waals surface area (Å²) in [6.45, 7) is 1.98. The molecule has 2 amide bonds. The van der Waals surface area contributed by atoms with Crippen molar-refractivity contribution in [2.45, 2.75) is 13.0 Å². The third kappa shape index (κ3) is 2.93. The highest BCUT2D eigenvalue weighted by molar-refractivity contribution is 6.20. The summed E-state index contributed by atoms with van der Waals surface area (Å²) in [5.41, 5.74) is 1.52. The summed E-state index contributed by atoms with van der Waals surface area (Å²) in [4.78, 5) is 23.8. The van der Waals surface area contributed by atoms with Gasteiger partial charge in [0.15, 0.2) is 0 Å². The zero-order valence-electron chi connectivity index (χ0n) is 11.0. The highest BCUT2D eigenvalue weighted by atomic mass is 35.5. The Balaban J connectivity index is 2.46. The summed E-state index contributed by atoms with van der Waals surface area (Å²) in [7, 11) is 0. The van der Waals surface area contributed by atoms with Crippen LogP contribution in [0.25, 0.3) is 0 Å². The molecule has 1 aliphatic heterocycles. The fourth-order valence-corrected chi connectivity index (χ4v) is 2.28. The number of carbonyl (C=O) groups is 2. The maximum atomic E-state index is 12.1.